The van der Waals surface area contributed by atoms with Crippen LogP contribution in [-0.4, -0.2) is 25.2 Å². The third kappa shape index (κ3) is 3.70. The predicted octanol–water partition coefficient (Wildman–Crippen LogP) is 3.38. The Labute approximate surface area is 121 Å². The van der Waals surface area contributed by atoms with E-state index in [1.165, 1.54) is 0 Å². The summed E-state index contributed by atoms with van der Waals surface area (Å²) in [7, 11) is 1.66. The summed E-state index contributed by atoms with van der Waals surface area (Å²) in [5, 5.41) is 4.24. The van der Waals surface area contributed by atoms with Crippen LogP contribution in [0.3, 0.4) is 0 Å². The molecule has 1 aromatic heterocycles. The first-order chi connectivity index (χ1) is 9.22. The normalized spacial score (nSPS) is 10.9. The lowest BCUT2D eigenvalue weighted by Gasteiger charge is -2.03. The van der Waals surface area contributed by atoms with Crippen molar-refractivity contribution in [3.05, 3.63) is 40.3 Å². The average Bonchev–Trinajstić information content (AvgIpc) is 2.83. The first kappa shape index (κ1) is 14.3. The zero-order chi connectivity index (χ0) is 13.7. The zero-order valence-electron chi connectivity index (χ0n) is 10.5. The molecule has 0 saturated carbocycles. The van der Waals surface area contributed by atoms with Crippen molar-refractivity contribution in [2.24, 2.45) is 0 Å². The smallest absolute Gasteiger partial charge is 0.208 e. The van der Waals surface area contributed by atoms with Crippen LogP contribution < -0.4 is 5.32 Å². The van der Waals surface area contributed by atoms with Gasteiger partial charge in [0.15, 0.2) is 5.76 Å². The monoisotopic (exact) mass is 300 g/mol. The highest BCUT2D eigenvalue weighted by atomic mass is 35.5. The van der Waals surface area contributed by atoms with E-state index in [1.807, 2.05) is 0 Å². The summed E-state index contributed by atoms with van der Waals surface area (Å²) in [5.74, 6) is 1.15. The molecule has 0 aliphatic heterocycles. The Morgan fingerprint density at radius 1 is 1.32 bits per heavy atom. The van der Waals surface area contributed by atoms with Crippen molar-refractivity contribution in [1.82, 2.24) is 10.3 Å². The standard InChI is InChI=1S/C13H14Cl2N2O2/c1-18-6-5-16-8-12-17-7-11(19-12)13-9(14)3-2-4-10(13)15/h2-4,7,16H,5-6,8H2,1H3. The molecule has 6 heteroatoms. The molecule has 0 aliphatic carbocycles. The van der Waals surface area contributed by atoms with Gasteiger partial charge in [-0.05, 0) is 12.1 Å². The van der Waals surface area contributed by atoms with E-state index in [2.05, 4.69) is 10.3 Å². The quantitative estimate of drug-likeness (QED) is 0.831. The topological polar surface area (TPSA) is 47.3 Å². The predicted molar refractivity (Wildman–Crippen MR) is 75.5 cm³/mol. The lowest BCUT2D eigenvalue weighted by Crippen LogP contribution is -2.18. The third-order valence-electron chi connectivity index (χ3n) is 2.52. The summed E-state index contributed by atoms with van der Waals surface area (Å²) in [6, 6.07) is 5.32. The van der Waals surface area contributed by atoms with Gasteiger partial charge in [0.1, 0.15) is 0 Å². The molecule has 4 nitrogen and oxygen atoms in total. The molecule has 0 saturated heterocycles. The number of rotatable bonds is 6. The van der Waals surface area contributed by atoms with Crippen molar-refractivity contribution in [2.45, 2.75) is 6.54 Å². The maximum absolute atomic E-state index is 6.11. The molecule has 2 aromatic rings. The van der Waals surface area contributed by atoms with Gasteiger partial charge in [0, 0.05) is 13.7 Å². The second kappa shape index (κ2) is 6.91. The molecule has 0 radical (unpaired) electrons. The van der Waals surface area contributed by atoms with E-state index in [0.717, 1.165) is 6.54 Å². The zero-order valence-corrected chi connectivity index (χ0v) is 12.0. The van der Waals surface area contributed by atoms with Crippen molar-refractivity contribution in [1.29, 1.82) is 0 Å². The fourth-order valence-electron chi connectivity index (χ4n) is 1.61. The van der Waals surface area contributed by atoms with E-state index in [4.69, 9.17) is 32.4 Å². The van der Waals surface area contributed by atoms with Gasteiger partial charge < -0.3 is 14.5 Å². The number of aromatic nitrogens is 1. The van der Waals surface area contributed by atoms with Crippen molar-refractivity contribution in [3.8, 4) is 11.3 Å². The van der Waals surface area contributed by atoms with Crippen LogP contribution in [0.15, 0.2) is 28.8 Å². The summed E-state index contributed by atoms with van der Waals surface area (Å²) >= 11 is 12.2. The van der Waals surface area contributed by atoms with E-state index < -0.39 is 0 Å². The summed E-state index contributed by atoms with van der Waals surface area (Å²) in [6.45, 7) is 1.91. The van der Waals surface area contributed by atoms with Crippen molar-refractivity contribution < 1.29 is 9.15 Å². The highest BCUT2D eigenvalue weighted by Gasteiger charge is 2.13. The molecule has 0 unspecified atom stereocenters. The number of halogens is 2. The van der Waals surface area contributed by atoms with Crippen LogP contribution >= 0.6 is 23.2 Å². The minimum Gasteiger partial charge on any atom is -0.439 e. The van der Waals surface area contributed by atoms with Gasteiger partial charge in [-0.3, -0.25) is 0 Å². The second-order valence-electron chi connectivity index (χ2n) is 3.88. The van der Waals surface area contributed by atoms with E-state index in [-0.39, 0.29) is 0 Å². The van der Waals surface area contributed by atoms with Crippen molar-refractivity contribution in [3.63, 3.8) is 0 Å². The van der Waals surface area contributed by atoms with Crippen LogP contribution in [0.4, 0.5) is 0 Å². The highest BCUT2D eigenvalue weighted by Crippen LogP contribution is 2.34. The lowest BCUT2D eigenvalue weighted by molar-refractivity contribution is 0.198. The number of methoxy groups -OCH3 is 1. The minimum atomic E-state index is 0.533. The number of nitrogens with zero attached hydrogens (tertiary/aromatic N) is 1. The molecule has 0 aliphatic rings. The van der Waals surface area contributed by atoms with Crippen molar-refractivity contribution in [2.75, 3.05) is 20.3 Å². The Balaban J connectivity index is 2.08. The van der Waals surface area contributed by atoms with Crippen LogP contribution in [0.25, 0.3) is 11.3 Å². The SMILES string of the molecule is COCCNCc1ncc(-c2c(Cl)cccc2Cl)o1. The Kier molecular flexibility index (Phi) is 5.22. The molecule has 1 heterocycles. The van der Waals surface area contributed by atoms with E-state index >= 15 is 0 Å². The Morgan fingerprint density at radius 2 is 2.05 bits per heavy atom. The van der Waals surface area contributed by atoms with Crippen LogP contribution in [0.1, 0.15) is 5.89 Å². The number of oxazole rings is 1. The summed E-state index contributed by atoms with van der Waals surface area (Å²) in [5.41, 5.74) is 0.668. The maximum atomic E-state index is 6.11. The van der Waals surface area contributed by atoms with Gasteiger partial charge in [0.25, 0.3) is 0 Å². The molecule has 102 valence electrons. The largest absolute Gasteiger partial charge is 0.439 e. The molecule has 0 amide bonds. The summed E-state index contributed by atoms with van der Waals surface area (Å²) in [6.07, 6.45) is 1.63. The van der Waals surface area contributed by atoms with Crippen LogP contribution in [0.5, 0.6) is 0 Å². The van der Waals surface area contributed by atoms with E-state index in [9.17, 15) is 0 Å². The summed E-state index contributed by atoms with van der Waals surface area (Å²) < 4.78 is 10.6. The fraction of sp³-hybridized carbons (Fsp3) is 0.308. The number of benzene rings is 1. The van der Waals surface area contributed by atoms with E-state index in [1.54, 1.807) is 31.5 Å². The van der Waals surface area contributed by atoms with E-state index in [0.29, 0.717) is 40.4 Å². The molecule has 0 atom stereocenters. The summed E-state index contributed by atoms with van der Waals surface area (Å²) in [4.78, 5) is 4.19. The molecular formula is C13H14Cl2N2O2. The third-order valence-corrected chi connectivity index (χ3v) is 3.15. The van der Waals surface area contributed by atoms with Crippen LogP contribution in [-0.2, 0) is 11.3 Å². The fourth-order valence-corrected chi connectivity index (χ4v) is 2.19. The van der Waals surface area contributed by atoms with Crippen LogP contribution in [0, 0.1) is 0 Å². The number of ether oxygens (including phenoxy) is 1. The van der Waals surface area contributed by atoms with Crippen LogP contribution in [0.2, 0.25) is 10.0 Å². The molecular weight excluding hydrogens is 287 g/mol. The van der Waals surface area contributed by atoms with Gasteiger partial charge in [-0.1, -0.05) is 29.3 Å². The van der Waals surface area contributed by atoms with Gasteiger partial charge in [-0.2, -0.15) is 0 Å². The maximum Gasteiger partial charge on any atom is 0.208 e. The van der Waals surface area contributed by atoms with Gasteiger partial charge in [-0.25, -0.2) is 4.98 Å². The van der Waals surface area contributed by atoms with Gasteiger partial charge in [0.2, 0.25) is 5.89 Å². The molecule has 0 bridgehead atoms. The molecule has 0 spiro atoms. The first-order valence-corrected chi connectivity index (χ1v) is 6.56. The Bertz CT molecular complexity index is 523. The lowest BCUT2D eigenvalue weighted by atomic mass is 10.2. The van der Waals surface area contributed by atoms with Gasteiger partial charge in [0.05, 0.1) is 35.0 Å². The Hall–Kier alpha value is -1.07. The van der Waals surface area contributed by atoms with Gasteiger partial charge >= 0.3 is 0 Å². The number of hydrogen-bond acceptors (Lipinski definition) is 4. The Morgan fingerprint density at radius 3 is 2.74 bits per heavy atom. The van der Waals surface area contributed by atoms with Gasteiger partial charge in [-0.15, -0.1) is 0 Å². The van der Waals surface area contributed by atoms with Crippen molar-refractivity contribution >= 4 is 23.2 Å². The average molecular weight is 301 g/mol. The number of nitrogens with one attached hydrogen (secondary N) is 1. The molecule has 0 fully saturated rings. The molecule has 2 rings (SSSR count). The first-order valence-electron chi connectivity index (χ1n) is 5.81. The molecule has 1 aromatic carbocycles. The second-order valence-corrected chi connectivity index (χ2v) is 4.70. The molecule has 19 heavy (non-hydrogen) atoms. The highest BCUT2D eigenvalue weighted by molar-refractivity contribution is 6.39. The molecule has 1 N–H and O–H groups in total. The number of hydrogen-bond donors (Lipinski definition) is 1. The minimum absolute atomic E-state index is 0.533.